The van der Waals surface area contributed by atoms with Gasteiger partial charge in [-0.15, -0.1) is 11.3 Å². The highest BCUT2D eigenvalue weighted by molar-refractivity contribution is 7.17. The number of hydrogen-bond acceptors (Lipinski definition) is 5. The van der Waals surface area contributed by atoms with Crippen LogP contribution < -0.4 is 5.32 Å². The van der Waals surface area contributed by atoms with Gasteiger partial charge in [-0.1, -0.05) is 47.7 Å². The number of carbonyl (C=O) groups excluding carboxylic acids is 1. The molecule has 0 aliphatic carbocycles. The van der Waals surface area contributed by atoms with E-state index in [2.05, 4.69) is 5.32 Å². The SMILES string of the molecule is O=C(N[C@H](c1ccccc1)c1cccs1)c1ccc([N+](=O)[O-])s1. The van der Waals surface area contributed by atoms with E-state index in [1.54, 1.807) is 11.3 Å². The summed E-state index contributed by atoms with van der Waals surface area (Å²) >= 11 is 2.43. The van der Waals surface area contributed by atoms with Gasteiger partial charge in [0.05, 0.1) is 15.8 Å². The minimum atomic E-state index is -0.491. The van der Waals surface area contributed by atoms with Crippen molar-refractivity contribution in [2.24, 2.45) is 0 Å². The first-order chi connectivity index (χ1) is 11.1. The Balaban J connectivity index is 1.86. The average molecular weight is 344 g/mol. The fourth-order valence-electron chi connectivity index (χ4n) is 2.17. The normalized spacial score (nSPS) is 11.8. The number of nitrogens with zero attached hydrogens (tertiary/aromatic N) is 1. The van der Waals surface area contributed by atoms with Gasteiger partial charge < -0.3 is 5.32 Å². The summed E-state index contributed by atoms with van der Waals surface area (Å²) in [7, 11) is 0. The van der Waals surface area contributed by atoms with Crippen LogP contribution in [0, 0.1) is 10.1 Å². The van der Waals surface area contributed by atoms with Gasteiger partial charge in [0.1, 0.15) is 0 Å². The van der Waals surface area contributed by atoms with Crippen LogP contribution in [0.5, 0.6) is 0 Å². The predicted octanol–water partition coefficient (Wildman–Crippen LogP) is 4.24. The van der Waals surface area contributed by atoms with Crippen LogP contribution in [-0.2, 0) is 0 Å². The molecule has 0 saturated carbocycles. The fraction of sp³-hybridized carbons (Fsp3) is 0.0625. The number of nitro groups is 1. The molecule has 2 aromatic heterocycles. The maximum absolute atomic E-state index is 12.4. The summed E-state index contributed by atoms with van der Waals surface area (Å²) in [6.07, 6.45) is 0. The number of rotatable bonds is 5. The highest BCUT2D eigenvalue weighted by atomic mass is 32.1. The van der Waals surface area contributed by atoms with Gasteiger partial charge in [-0.05, 0) is 23.1 Å². The number of carbonyl (C=O) groups is 1. The molecular formula is C16H12N2O3S2. The van der Waals surface area contributed by atoms with Crippen molar-refractivity contribution in [2.45, 2.75) is 6.04 Å². The highest BCUT2D eigenvalue weighted by Crippen LogP contribution is 2.28. The van der Waals surface area contributed by atoms with Crippen LogP contribution >= 0.6 is 22.7 Å². The average Bonchev–Trinajstić information content (AvgIpc) is 3.24. The van der Waals surface area contributed by atoms with Crippen molar-refractivity contribution in [2.75, 3.05) is 0 Å². The van der Waals surface area contributed by atoms with Gasteiger partial charge in [0.2, 0.25) is 0 Å². The van der Waals surface area contributed by atoms with E-state index in [0.29, 0.717) is 4.88 Å². The molecule has 0 bridgehead atoms. The molecule has 23 heavy (non-hydrogen) atoms. The Morgan fingerprint density at radius 2 is 1.87 bits per heavy atom. The molecule has 0 spiro atoms. The van der Waals surface area contributed by atoms with Crippen molar-refractivity contribution >= 4 is 33.6 Å². The Bertz CT molecular complexity index is 813. The number of benzene rings is 1. The number of hydrogen-bond donors (Lipinski definition) is 1. The lowest BCUT2D eigenvalue weighted by molar-refractivity contribution is -0.380. The molecule has 0 unspecified atom stereocenters. The molecule has 0 aliphatic rings. The second kappa shape index (κ2) is 6.72. The van der Waals surface area contributed by atoms with E-state index in [1.165, 1.54) is 12.1 Å². The van der Waals surface area contributed by atoms with E-state index in [9.17, 15) is 14.9 Å². The zero-order valence-electron chi connectivity index (χ0n) is 11.8. The van der Waals surface area contributed by atoms with Gasteiger partial charge in [-0.3, -0.25) is 14.9 Å². The lowest BCUT2D eigenvalue weighted by Gasteiger charge is -2.17. The summed E-state index contributed by atoms with van der Waals surface area (Å²) in [6.45, 7) is 0. The molecule has 5 nitrogen and oxygen atoms in total. The molecule has 7 heteroatoms. The van der Waals surface area contributed by atoms with E-state index < -0.39 is 4.92 Å². The van der Waals surface area contributed by atoms with Crippen molar-refractivity contribution in [1.29, 1.82) is 0 Å². The molecule has 0 aliphatic heterocycles. The highest BCUT2D eigenvalue weighted by Gasteiger charge is 2.21. The van der Waals surface area contributed by atoms with Crippen LogP contribution in [0.4, 0.5) is 5.00 Å². The first kappa shape index (κ1) is 15.4. The molecule has 1 atom stereocenters. The third kappa shape index (κ3) is 3.46. The van der Waals surface area contributed by atoms with Gasteiger partial charge >= 0.3 is 5.00 Å². The van der Waals surface area contributed by atoms with Gasteiger partial charge in [0, 0.05) is 10.9 Å². The summed E-state index contributed by atoms with van der Waals surface area (Å²) in [6, 6.07) is 16.1. The number of amides is 1. The molecule has 1 aromatic carbocycles. The molecule has 2 heterocycles. The topological polar surface area (TPSA) is 72.2 Å². The van der Waals surface area contributed by atoms with E-state index in [1.807, 2.05) is 47.8 Å². The summed E-state index contributed by atoms with van der Waals surface area (Å²) in [5.41, 5.74) is 0.967. The second-order valence-electron chi connectivity index (χ2n) is 4.73. The molecule has 3 aromatic rings. The largest absolute Gasteiger partial charge is 0.340 e. The minimum absolute atomic E-state index is 0.0393. The monoisotopic (exact) mass is 344 g/mol. The first-order valence-electron chi connectivity index (χ1n) is 6.78. The van der Waals surface area contributed by atoms with Crippen LogP contribution in [0.3, 0.4) is 0 Å². The van der Waals surface area contributed by atoms with Crippen LogP contribution in [0.25, 0.3) is 0 Å². The Morgan fingerprint density at radius 3 is 2.48 bits per heavy atom. The summed E-state index contributed by atoms with van der Waals surface area (Å²) in [5, 5.41) is 15.6. The Kier molecular flexibility index (Phi) is 4.50. The van der Waals surface area contributed by atoms with Gasteiger partial charge in [0.15, 0.2) is 0 Å². The standard InChI is InChI=1S/C16H12N2O3S2/c19-16(13-8-9-14(23-13)18(20)21)17-15(12-7-4-10-22-12)11-5-2-1-3-6-11/h1-10,15H,(H,17,19)/t15-/m1/s1. The van der Waals surface area contributed by atoms with Crippen molar-refractivity contribution in [3.8, 4) is 0 Å². The number of nitrogens with one attached hydrogen (secondary N) is 1. The quantitative estimate of drug-likeness (QED) is 0.556. The van der Waals surface area contributed by atoms with Crippen molar-refractivity contribution in [1.82, 2.24) is 5.32 Å². The van der Waals surface area contributed by atoms with Gasteiger partial charge in [0.25, 0.3) is 5.91 Å². The third-order valence-corrected chi connectivity index (χ3v) is 5.20. The molecular weight excluding hydrogens is 332 g/mol. The Labute approximate surface area is 140 Å². The van der Waals surface area contributed by atoms with Crippen LogP contribution in [0.1, 0.15) is 26.2 Å². The second-order valence-corrected chi connectivity index (χ2v) is 6.77. The van der Waals surface area contributed by atoms with E-state index >= 15 is 0 Å². The van der Waals surface area contributed by atoms with Crippen LogP contribution in [-0.4, -0.2) is 10.8 Å². The van der Waals surface area contributed by atoms with Crippen molar-refractivity contribution in [3.05, 3.63) is 85.4 Å². The lowest BCUT2D eigenvalue weighted by atomic mass is 10.1. The maximum atomic E-state index is 12.4. The first-order valence-corrected chi connectivity index (χ1v) is 8.48. The zero-order valence-corrected chi connectivity index (χ0v) is 13.5. The molecule has 1 N–H and O–H groups in total. The third-order valence-electron chi connectivity index (χ3n) is 3.23. The van der Waals surface area contributed by atoms with Crippen molar-refractivity contribution in [3.63, 3.8) is 0 Å². The molecule has 0 saturated heterocycles. The van der Waals surface area contributed by atoms with Crippen LogP contribution in [0.2, 0.25) is 0 Å². The predicted molar refractivity (Wildman–Crippen MR) is 91.0 cm³/mol. The summed E-state index contributed by atoms with van der Waals surface area (Å²) in [5.74, 6) is -0.314. The lowest BCUT2D eigenvalue weighted by Crippen LogP contribution is -2.28. The van der Waals surface area contributed by atoms with Gasteiger partial charge in [-0.2, -0.15) is 0 Å². The molecule has 0 radical (unpaired) electrons. The minimum Gasteiger partial charge on any atom is -0.340 e. The zero-order chi connectivity index (χ0) is 16.2. The molecule has 3 rings (SSSR count). The molecule has 0 fully saturated rings. The Morgan fingerprint density at radius 1 is 1.09 bits per heavy atom. The summed E-state index contributed by atoms with van der Waals surface area (Å²) < 4.78 is 0. The van der Waals surface area contributed by atoms with Gasteiger partial charge in [-0.25, -0.2) is 0 Å². The Hall–Kier alpha value is -2.51. The molecule has 116 valence electrons. The van der Waals surface area contributed by atoms with E-state index in [-0.39, 0.29) is 17.0 Å². The summed E-state index contributed by atoms with van der Waals surface area (Å²) in [4.78, 5) is 24.0. The number of thiophene rings is 2. The maximum Gasteiger partial charge on any atom is 0.324 e. The van der Waals surface area contributed by atoms with Crippen LogP contribution in [0.15, 0.2) is 60.0 Å². The smallest absolute Gasteiger partial charge is 0.324 e. The van der Waals surface area contributed by atoms with E-state index in [0.717, 1.165) is 21.8 Å². The molecule has 1 amide bonds. The fourth-order valence-corrected chi connectivity index (χ4v) is 3.70. The van der Waals surface area contributed by atoms with E-state index in [4.69, 9.17) is 0 Å². The van der Waals surface area contributed by atoms with Crippen molar-refractivity contribution < 1.29 is 9.72 Å².